The van der Waals surface area contributed by atoms with E-state index < -0.39 is 97.5 Å². The summed E-state index contributed by atoms with van der Waals surface area (Å²) >= 11 is 0. The molecule has 0 aliphatic heterocycles. The van der Waals surface area contributed by atoms with Crippen LogP contribution >= 0.6 is 15.6 Å². The number of ether oxygens (including phenoxy) is 4. The lowest BCUT2D eigenvalue weighted by molar-refractivity contribution is -0.161. The van der Waals surface area contributed by atoms with Gasteiger partial charge in [0.05, 0.1) is 26.4 Å². The van der Waals surface area contributed by atoms with Crippen molar-refractivity contribution >= 4 is 39.5 Å². The van der Waals surface area contributed by atoms with E-state index in [-0.39, 0.29) is 25.7 Å². The van der Waals surface area contributed by atoms with E-state index in [9.17, 15) is 43.2 Å². The molecule has 0 aromatic rings. The molecule has 0 aromatic carbocycles. The lowest BCUT2D eigenvalue weighted by Gasteiger charge is -2.21. The number of phosphoric acid groups is 2. The minimum absolute atomic E-state index is 0.105. The molecule has 3 N–H and O–H groups in total. The van der Waals surface area contributed by atoms with Crippen molar-refractivity contribution < 1.29 is 80.2 Å². The number of carbonyl (C=O) groups is 4. The van der Waals surface area contributed by atoms with Gasteiger partial charge in [-0.25, -0.2) is 9.13 Å². The third kappa shape index (κ3) is 53.4. The Hall–Kier alpha value is -1.94. The van der Waals surface area contributed by atoms with Crippen molar-refractivity contribution in [3.05, 3.63) is 0 Å². The minimum Gasteiger partial charge on any atom is -0.462 e. The van der Waals surface area contributed by atoms with E-state index in [1.54, 1.807) is 0 Å². The van der Waals surface area contributed by atoms with E-state index in [0.29, 0.717) is 25.7 Å². The van der Waals surface area contributed by atoms with Crippen LogP contribution in [0.2, 0.25) is 0 Å². The molecule has 19 heteroatoms. The maximum absolute atomic E-state index is 12.9. The number of esters is 4. The standard InChI is InChI=1S/C59H114O17P2/c1-5-9-13-17-21-24-26-27-28-30-34-38-42-46-59(64)76-55(50-70-57(62)44-40-36-33-29-25-22-18-14-10-6-2)52-74-78(67,68)72-48-53(60)47-71-77(65,66)73-51-54(49-69-56(61)43-39-35-31-20-16-12-8-4)75-58(63)45-41-37-32-23-19-15-11-7-3/h53-55,60H,5-52H2,1-4H3,(H,65,66)(H,67,68)/t53-,54+,55+/m0/s1. The van der Waals surface area contributed by atoms with Gasteiger partial charge in [0.1, 0.15) is 19.3 Å². The number of aliphatic hydroxyl groups is 1. The Morgan fingerprint density at radius 3 is 0.756 bits per heavy atom. The fourth-order valence-corrected chi connectivity index (χ4v) is 10.3. The number of carbonyl (C=O) groups excluding carboxylic acids is 4. The highest BCUT2D eigenvalue weighted by molar-refractivity contribution is 7.47. The van der Waals surface area contributed by atoms with Gasteiger partial charge >= 0.3 is 39.5 Å². The van der Waals surface area contributed by atoms with Crippen molar-refractivity contribution in [1.29, 1.82) is 0 Å². The number of unbranched alkanes of at least 4 members (excludes halogenated alkanes) is 34. The Morgan fingerprint density at radius 2 is 0.513 bits per heavy atom. The molecule has 0 saturated carbocycles. The second-order valence-corrected chi connectivity index (χ2v) is 24.3. The SMILES string of the molecule is CCCCCCCCCCCCCCCC(=O)O[C@H](COC(=O)CCCCCCCCCCCC)COP(=O)(O)OC[C@@H](O)COP(=O)(O)OC[C@@H](COC(=O)CCCCCCCCC)OC(=O)CCCCCCCCCC. The van der Waals surface area contributed by atoms with Gasteiger partial charge in [0.25, 0.3) is 0 Å². The lowest BCUT2D eigenvalue weighted by Crippen LogP contribution is -2.30. The van der Waals surface area contributed by atoms with Crippen LogP contribution in [0.4, 0.5) is 0 Å². The van der Waals surface area contributed by atoms with Gasteiger partial charge in [0.2, 0.25) is 0 Å². The van der Waals surface area contributed by atoms with E-state index in [1.165, 1.54) is 109 Å². The van der Waals surface area contributed by atoms with Gasteiger partial charge in [0, 0.05) is 25.7 Å². The fourth-order valence-electron chi connectivity index (χ4n) is 8.75. The van der Waals surface area contributed by atoms with Crippen LogP contribution in [0.5, 0.6) is 0 Å². The van der Waals surface area contributed by atoms with Gasteiger partial charge in [0.15, 0.2) is 12.2 Å². The largest absolute Gasteiger partial charge is 0.472 e. The highest BCUT2D eigenvalue weighted by Gasteiger charge is 2.30. The van der Waals surface area contributed by atoms with Crippen LogP contribution in [-0.4, -0.2) is 96.7 Å². The van der Waals surface area contributed by atoms with Crippen molar-refractivity contribution in [3.63, 3.8) is 0 Å². The molecule has 2 unspecified atom stereocenters. The molecular formula is C59H114O17P2. The predicted molar refractivity (Wildman–Crippen MR) is 308 cm³/mol. The van der Waals surface area contributed by atoms with Gasteiger partial charge < -0.3 is 33.8 Å². The molecule has 0 spiro atoms. The zero-order valence-corrected chi connectivity index (χ0v) is 51.4. The third-order valence-corrected chi connectivity index (χ3v) is 15.5. The lowest BCUT2D eigenvalue weighted by atomic mass is 10.0. The monoisotopic (exact) mass is 1160 g/mol. The van der Waals surface area contributed by atoms with E-state index >= 15 is 0 Å². The van der Waals surface area contributed by atoms with Gasteiger partial charge in [-0.2, -0.15) is 0 Å². The minimum atomic E-state index is -4.94. The zero-order valence-electron chi connectivity index (χ0n) is 49.6. The summed E-state index contributed by atoms with van der Waals surface area (Å²) in [6.45, 7) is 4.78. The molecule has 0 aliphatic carbocycles. The van der Waals surface area contributed by atoms with Crippen LogP contribution in [0, 0.1) is 0 Å². The number of phosphoric ester groups is 2. The Balaban J connectivity index is 5.19. The van der Waals surface area contributed by atoms with Crippen LogP contribution in [-0.2, 0) is 65.4 Å². The van der Waals surface area contributed by atoms with Crippen LogP contribution in [0.3, 0.4) is 0 Å². The molecule has 0 saturated heterocycles. The summed E-state index contributed by atoms with van der Waals surface area (Å²) in [5.41, 5.74) is 0. The van der Waals surface area contributed by atoms with Crippen LogP contribution in [0.15, 0.2) is 0 Å². The van der Waals surface area contributed by atoms with Crippen LogP contribution in [0.25, 0.3) is 0 Å². The maximum atomic E-state index is 12.9. The second-order valence-electron chi connectivity index (χ2n) is 21.4. The normalized spacial score (nSPS) is 14.3. The summed E-state index contributed by atoms with van der Waals surface area (Å²) in [6, 6.07) is 0. The first kappa shape index (κ1) is 76.1. The fraction of sp³-hybridized carbons (Fsp3) is 0.932. The smallest absolute Gasteiger partial charge is 0.462 e. The number of aliphatic hydroxyl groups excluding tert-OH is 1. The van der Waals surface area contributed by atoms with Crippen molar-refractivity contribution in [3.8, 4) is 0 Å². The summed E-state index contributed by atoms with van der Waals surface area (Å²) in [7, 11) is -9.87. The van der Waals surface area contributed by atoms with E-state index in [1.807, 2.05) is 0 Å². The quantitative estimate of drug-likeness (QED) is 0.0222. The first-order valence-electron chi connectivity index (χ1n) is 31.3. The average Bonchev–Trinajstić information content (AvgIpc) is 3.41. The molecule has 0 amide bonds. The summed E-state index contributed by atoms with van der Waals surface area (Å²) in [5.74, 6) is -2.14. The summed E-state index contributed by atoms with van der Waals surface area (Å²) in [5, 5.41) is 10.5. The molecule has 0 aliphatic rings. The molecule has 78 heavy (non-hydrogen) atoms. The van der Waals surface area contributed by atoms with Gasteiger partial charge in [-0.1, -0.05) is 246 Å². The molecule has 462 valence electrons. The molecule has 0 radical (unpaired) electrons. The van der Waals surface area contributed by atoms with Gasteiger partial charge in [-0.05, 0) is 25.7 Å². The summed E-state index contributed by atoms with van der Waals surface area (Å²) in [4.78, 5) is 71.8. The van der Waals surface area contributed by atoms with Crippen molar-refractivity contribution in [2.45, 2.75) is 316 Å². The van der Waals surface area contributed by atoms with Gasteiger partial charge in [-0.3, -0.25) is 37.3 Å². The summed E-state index contributed by atoms with van der Waals surface area (Å²) in [6.07, 6.45) is 37.6. The molecule has 5 atom stereocenters. The van der Waals surface area contributed by atoms with Crippen molar-refractivity contribution in [2.24, 2.45) is 0 Å². The first-order valence-corrected chi connectivity index (χ1v) is 34.3. The second kappa shape index (κ2) is 54.3. The first-order chi connectivity index (χ1) is 37.7. The third-order valence-electron chi connectivity index (χ3n) is 13.6. The molecule has 0 rings (SSSR count). The molecular weight excluding hydrogens is 1040 g/mol. The van der Waals surface area contributed by atoms with Crippen molar-refractivity contribution in [1.82, 2.24) is 0 Å². The number of rotatable bonds is 60. The zero-order chi connectivity index (χ0) is 57.6. The molecule has 0 aromatic heterocycles. The maximum Gasteiger partial charge on any atom is 0.472 e. The number of hydrogen-bond acceptors (Lipinski definition) is 15. The Morgan fingerprint density at radius 1 is 0.308 bits per heavy atom. The van der Waals surface area contributed by atoms with Crippen LogP contribution < -0.4 is 0 Å². The Kier molecular flexibility index (Phi) is 53.0. The predicted octanol–water partition coefficient (Wildman–Crippen LogP) is 16.0. The molecule has 0 fully saturated rings. The Bertz CT molecular complexity index is 1520. The molecule has 0 bridgehead atoms. The Labute approximate surface area is 473 Å². The van der Waals surface area contributed by atoms with Crippen LogP contribution in [0.1, 0.15) is 297 Å². The molecule has 17 nitrogen and oxygen atoms in total. The van der Waals surface area contributed by atoms with E-state index in [0.717, 1.165) is 109 Å². The average molecular weight is 1160 g/mol. The summed E-state index contributed by atoms with van der Waals surface area (Å²) < 4.78 is 67.6. The highest BCUT2D eigenvalue weighted by Crippen LogP contribution is 2.45. The topological polar surface area (TPSA) is 237 Å². The van der Waals surface area contributed by atoms with Crippen molar-refractivity contribution in [2.75, 3.05) is 39.6 Å². The van der Waals surface area contributed by atoms with Gasteiger partial charge in [-0.15, -0.1) is 0 Å². The van der Waals surface area contributed by atoms with E-state index in [4.69, 9.17) is 37.0 Å². The van der Waals surface area contributed by atoms with E-state index in [2.05, 4.69) is 27.7 Å². The highest BCUT2D eigenvalue weighted by atomic mass is 31.2. The molecule has 0 heterocycles. The number of hydrogen-bond donors (Lipinski definition) is 3.